The minimum absolute atomic E-state index is 0.0209. The van der Waals surface area contributed by atoms with Crippen molar-refractivity contribution in [1.29, 1.82) is 0 Å². The number of hydrogen-bond donors (Lipinski definition) is 1. The fourth-order valence-corrected chi connectivity index (χ4v) is 5.29. The second-order valence-electron chi connectivity index (χ2n) is 7.98. The maximum atomic E-state index is 12.9. The van der Waals surface area contributed by atoms with Crippen LogP contribution >= 0.6 is 11.8 Å². The summed E-state index contributed by atoms with van der Waals surface area (Å²) in [5.41, 5.74) is 2.17. The highest BCUT2D eigenvalue weighted by molar-refractivity contribution is 7.99. The third kappa shape index (κ3) is 6.39. The monoisotopic (exact) mass is 522 g/mol. The molecule has 0 aliphatic carbocycles. The van der Waals surface area contributed by atoms with E-state index < -0.39 is 15.9 Å². The van der Waals surface area contributed by atoms with E-state index in [9.17, 15) is 13.2 Å². The normalized spacial score (nSPS) is 11.5. The first-order chi connectivity index (χ1) is 17.3. The van der Waals surface area contributed by atoms with E-state index in [1.807, 2.05) is 54.6 Å². The van der Waals surface area contributed by atoms with E-state index in [0.717, 1.165) is 16.9 Å². The molecule has 0 unspecified atom stereocenters. The summed E-state index contributed by atoms with van der Waals surface area (Å²) in [6, 6.07) is 23.1. The number of thioether (sulfide) groups is 1. The molecule has 1 amide bonds. The standard InChI is InChI=1S/C26H26N4O4S2/c1-3-35-22-13-9-19(10-14-22)17-24-28-29-26(34-24)27-25(31)21-11-15-23(16-12-21)36(32,33)30(2)18-20-7-5-4-6-8-20/h4-16H,3,17-18H2,1-2H3,(H,27,29,31). The number of anilines is 1. The molecule has 4 rings (SSSR count). The van der Waals surface area contributed by atoms with E-state index in [1.54, 1.807) is 11.8 Å². The Balaban J connectivity index is 1.36. The molecule has 1 aromatic heterocycles. The van der Waals surface area contributed by atoms with Crippen LogP contribution in [0.15, 0.2) is 93.1 Å². The highest BCUT2D eigenvalue weighted by Gasteiger charge is 2.21. The highest BCUT2D eigenvalue weighted by Crippen LogP contribution is 2.20. The lowest BCUT2D eigenvalue weighted by molar-refractivity contribution is 0.102. The SMILES string of the molecule is CCSc1ccc(Cc2nnc(NC(=O)c3ccc(S(=O)(=O)N(C)Cc4ccccc4)cc3)o2)cc1. The van der Waals surface area contributed by atoms with Gasteiger partial charge in [0, 0.05) is 24.1 Å². The van der Waals surface area contributed by atoms with Crippen LogP contribution in [0.2, 0.25) is 0 Å². The zero-order chi connectivity index (χ0) is 25.5. The maximum Gasteiger partial charge on any atom is 0.322 e. The summed E-state index contributed by atoms with van der Waals surface area (Å²) in [6.45, 7) is 2.35. The molecule has 0 spiro atoms. The lowest BCUT2D eigenvalue weighted by atomic mass is 10.1. The van der Waals surface area contributed by atoms with Crippen molar-refractivity contribution in [1.82, 2.24) is 14.5 Å². The largest absolute Gasteiger partial charge is 0.407 e. The molecule has 186 valence electrons. The zero-order valence-electron chi connectivity index (χ0n) is 19.9. The number of nitrogens with zero attached hydrogens (tertiary/aromatic N) is 3. The van der Waals surface area contributed by atoms with Crippen LogP contribution in [0.3, 0.4) is 0 Å². The fourth-order valence-electron chi connectivity index (χ4n) is 3.47. The van der Waals surface area contributed by atoms with Crippen LogP contribution in [-0.2, 0) is 23.0 Å². The van der Waals surface area contributed by atoms with E-state index in [1.165, 1.54) is 40.5 Å². The number of benzene rings is 3. The van der Waals surface area contributed by atoms with Crippen LogP contribution in [0.1, 0.15) is 34.3 Å². The third-order valence-electron chi connectivity index (χ3n) is 5.35. The van der Waals surface area contributed by atoms with Crippen molar-refractivity contribution in [2.75, 3.05) is 18.1 Å². The van der Waals surface area contributed by atoms with Gasteiger partial charge in [-0.05, 0) is 53.3 Å². The van der Waals surface area contributed by atoms with Crippen LogP contribution in [0.4, 0.5) is 6.01 Å². The Morgan fingerprint density at radius 3 is 2.31 bits per heavy atom. The Hall–Kier alpha value is -3.47. The quantitative estimate of drug-likeness (QED) is 0.297. The van der Waals surface area contributed by atoms with E-state index in [0.29, 0.717) is 12.3 Å². The molecule has 0 radical (unpaired) electrons. The second kappa shape index (κ2) is 11.5. The maximum absolute atomic E-state index is 12.9. The predicted octanol–water partition coefficient (Wildman–Crippen LogP) is 4.85. The Morgan fingerprint density at radius 2 is 1.64 bits per heavy atom. The molecule has 10 heteroatoms. The molecule has 0 bridgehead atoms. The van der Waals surface area contributed by atoms with Gasteiger partial charge in [0.2, 0.25) is 15.9 Å². The molecule has 0 aliphatic rings. The number of hydrogen-bond acceptors (Lipinski definition) is 7. The van der Waals surface area contributed by atoms with Gasteiger partial charge in [0.15, 0.2) is 0 Å². The first-order valence-electron chi connectivity index (χ1n) is 11.3. The molecule has 0 aliphatic heterocycles. The summed E-state index contributed by atoms with van der Waals surface area (Å²) in [6.07, 6.45) is 0.447. The molecular weight excluding hydrogens is 496 g/mol. The summed E-state index contributed by atoms with van der Waals surface area (Å²) in [5, 5.41) is 10.4. The van der Waals surface area contributed by atoms with Gasteiger partial charge in [0.25, 0.3) is 5.91 Å². The molecular formula is C26H26N4O4S2. The first-order valence-corrected chi connectivity index (χ1v) is 13.7. The van der Waals surface area contributed by atoms with Crippen molar-refractivity contribution in [3.8, 4) is 0 Å². The van der Waals surface area contributed by atoms with Crippen molar-refractivity contribution >= 4 is 33.7 Å². The van der Waals surface area contributed by atoms with Gasteiger partial charge >= 0.3 is 6.01 Å². The number of rotatable bonds is 10. The summed E-state index contributed by atoms with van der Waals surface area (Å²) in [5.74, 6) is 0.910. The van der Waals surface area contributed by atoms with Gasteiger partial charge in [-0.15, -0.1) is 16.9 Å². The lowest BCUT2D eigenvalue weighted by Gasteiger charge is -2.17. The third-order valence-corrected chi connectivity index (χ3v) is 8.06. The van der Waals surface area contributed by atoms with Gasteiger partial charge in [-0.3, -0.25) is 10.1 Å². The first kappa shape index (κ1) is 25.6. The van der Waals surface area contributed by atoms with Crippen molar-refractivity contribution in [2.24, 2.45) is 0 Å². The predicted molar refractivity (Wildman–Crippen MR) is 139 cm³/mol. The Kier molecular flexibility index (Phi) is 8.19. The van der Waals surface area contributed by atoms with Crippen molar-refractivity contribution < 1.29 is 17.6 Å². The number of carbonyl (C=O) groups is 1. The summed E-state index contributed by atoms with van der Waals surface area (Å²) >= 11 is 1.77. The summed E-state index contributed by atoms with van der Waals surface area (Å²) in [7, 11) is -2.19. The van der Waals surface area contributed by atoms with Gasteiger partial charge in [-0.25, -0.2) is 8.42 Å². The number of sulfonamides is 1. The number of aromatic nitrogens is 2. The highest BCUT2D eigenvalue weighted by atomic mass is 32.2. The van der Waals surface area contributed by atoms with Crippen molar-refractivity contribution in [3.05, 3.63) is 101 Å². The van der Waals surface area contributed by atoms with Gasteiger partial charge in [0.05, 0.1) is 11.3 Å². The Morgan fingerprint density at radius 1 is 0.944 bits per heavy atom. The molecule has 0 saturated carbocycles. The van der Waals surface area contributed by atoms with Gasteiger partial charge in [0.1, 0.15) is 0 Å². The number of carbonyl (C=O) groups excluding carboxylic acids is 1. The second-order valence-corrected chi connectivity index (χ2v) is 11.4. The molecule has 0 saturated heterocycles. The average Bonchev–Trinajstić information content (AvgIpc) is 3.32. The molecule has 1 N–H and O–H groups in total. The number of nitrogens with one attached hydrogen (secondary N) is 1. The zero-order valence-corrected chi connectivity index (χ0v) is 21.6. The molecule has 36 heavy (non-hydrogen) atoms. The minimum atomic E-state index is -3.71. The summed E-state index contributed by atoms with van der Waals surface area (Å²) in [4.78, 5) is 13.9. The van der Waals surface area contributed by atoms with Gasteiger partial charge < -0.3 is 4.42 Å². The fraction of sp³-hybridized carbons (Fsp3) is 0.192. The van der Waals surface area contributed by atoms with Crippen LogP contribution in [-0.4, -0.2) is 41.6 Å². The minimum Gasteiger partial charge on any atom is -0.407 e. The molecule has 0 fully saturated rings. The van der Waals surface area contributed by atoms with Crippen LogP contribution in [0, 0.1) is 0 Å². The van der Waals surface area contributed by atoms with E-state index in [4.69, 9.17) is 4.42 Å². The van der Waals surface area contributed by atoms with Crippen LogP contribution in [0.5, 0.6) is 0 Å². The van der Waals surface area contributed by atoms with Crippen LogP contribution in [0.25, 0.3) is 0 Å². The van der Waals surface area contributed by atoms with E-state index in [-0.39, 0.29) is 23.0 Å². The molecule has 4 aromatic rings. The Bertz CT molecular complexity index is 1400. The van der Waals surface area contributed by atoms with E-state index in [2.05, 4.69) is 22.4 Å². The van der Waals surface area contributed by atoms with Crippen molar-refractivity contribution in [3.63, 3.8) is 0 Å². The lowest BCUT2D eigenvalue weighted by Crippen LogP contribution is -2.26. The van der Waals surface area contributed by atoms with E-state index >= 15 is 0 Å². The number of amides is 1. The smallest absolute Gasteiger partial charge is 0.322 e. The van der Waals surface area contributed by atoms with Crippen LogP contribution < -0.4 is 5.32 Å². The summed E-state index contributed by atoms with van der Waals surface area (Å²) < 4.78 is 32.6. The van der Waals surface area contributed by atoms with Gasteiger partial charge in [-0.2, -0.15) is 4.31 Å². The molecule has 1 heterocycles. The Labute approximate surface area is 214 Å². The molecule has 0 atom stereocenters. The average molecular weight is 523 g/mol. The topological polar surface area (TPSA) is 105 Å². The molecule has 8 nitrogen and oxygen atoms in total. The molecule has 3 aromatic carbocycles. The van der Waals surface area contributed by atoms with Crippen molar-refractivity contribution in [2.45, 2.75) is 29.7 Å². The van der Waals surface area contributed by atoms with Gasteiger partial charge in [-0.1, -0.05) is 54.5 Å².